The molecule has 0 amide bonds. The highest BCUT2D eigenvalue weighted by Gasteiger charge is 2.44. The molecule has 0 saturated carbocycles. The van der Waals surface area contributed by atoms with Gasteiger partial charge in [0.15, 0.2) is 0 Å². The number of hydrogen-bond donors (Lipinski definition) is 1. The van der Waals surface area contributed by atoms with Crippen LogP contribution < -0.4 is 0 Å². The Balaban J connectivity index is 1.60. The summed E-state index contributed by atoms with van der Waals surface area (Å²) in [5, 5.41) is 14.2. The maximum atomic E-state index is 14.8. The molecule has 0 bridgehead atoms. The molecular formula is C24H26F2N4O4S2. The molecule has 36 heavy (non-hydrogen) atoms. The van der Waals surface area contributed by atoms with E-state index in [4.69, 9.17) is 0 Å². The molecule has 1 N–H and O–H groups in total. The zero-order chi connectivity index (χ0) is 26.1. The molecule has 1 saturated heterocycles. The first-order valence-corrected chi connectivity index (χ1v) is 13.6. The van der Waals surface area contributed by atoms with Gasteiger partial charge < -0.3 is 5.11 Å². The lowest BCUT2D eigenvalue weighted by Crippen LogP contribution is -2.44. The van der Waals surface area contributed by atoms with Crippen LogP contribution in [0.3, 0.4) is 0 Å². The topological polar surface area (TPSA) is 105 Å². The van der Waals surface area contributed by atoms with Crippen molar-refractivity contribution in [3.63, 3.8) is 0 Å². The van der Waals surface area contributed by atoms with Crippen LogP contribution in [0.25, 0.3) is 0 Å². The van der Waals surface area contributed by atoms with Gasteiger partial charge in [-0.2, -0.15) is 9.40 Å². The molecule has 3 aromatic rings. The van der Waals surface area contributed by atoms with Crippen molar-refractivity contribution < 1.29 is 27.1 Å². The average molecular weight is 537 g/mol. The molecule has 192 valence electrons. The van der Waals surface area contributed by atoms with E-state index in [-0.39, 0.29) is 23.5 Å². The normalized spacial score (nSPS) is 19.2. The van der Waals surface area contributed by atoms with Gasteiger partial charge in [0.1, 0.15) is 29.9 Å². The summed E-state index contributed by atoms with van der Waals surface area (Å²) in [6.07, 6.45) is 3.41. The van der Waals surface area contributed by atoms with Gasteiger partial charge in [0.2, 0.25) is 15.1 Å². The molecule has 1 fully saturated rings. The molecule has 0 spiro atoms. The van der Waals surface area contributed by atoms with Crippen LogP contribution in [0.1, 0.15) is 30.9 Å². The van der Waals surface area contributed by atoms with Crippen molar-refractivity contribution in [3.05, 3.63) is 77.9 Å². The molecule has 1 aliphatic heterocycles. The molecule has 0 radical (unpaired) electrons. The Hall–Kier alpha value is -2.67. The monoisotopic (exact) mass is 536 g/mol. The van der Waals surface area contributed by atoms with E-state index in [1.807, 2.05) is 6.92 Å². The summed E-state index contributed by atoms with van der Waals surface area (Å²) in [5.41, 5.74) is -1.28. The zero-order valence-electron chi connectivity index (χ0n) is 19.7. The predicted molar refractivity (Wildman–Crippen MR) is 130 cm³/mol. The van der Waals surface area contributed by atoms with Crippen molar-refractivity contribution in [2.75, 3.05) is 6.54 Å². The third-order valence-corrected chi connectivity index (χ3v) is 9.51. The molecule has 0 unspecified atom stereocenters. The Kier molecular flexibility index (Phi) is 7.60. The number of benzene rings is 2. The number of aryl methyl sites for hydroxylation is 1. The van der Waals surface area contributed by atoms with Crippen LogP contribution >= 0.6 is 11.8 Å². The summed E-state index contributed by atoms with van der Waals surface area (Å²) in [7, 11) is -3.91. The van der Waals surface area contributed by atoms with Gasteiger partial charge in [0, 0.05) is 23.4 Å². The molecule has 0 aliphatic carbocycles. The van der Waals surface area contributed by atoms with Gasteiger partial charge in [-0.3, -0.25) is 4.79 Å². The van der Waals surface area contributed by atoms with E-state index in [2.05, 4.69) is 10.1 Å². The summed E-state index contributed by atoms with van der Waals surface area (Å²) < 4.78 is 57.4. The number of rotatable bonds is 8. The zero-order valence-corrected chi connectivity index (χ0v) is 21.3. The van der Waals surface area contributed by atoms with Gasteiger partial charge in [0.25, 0.3) is 0 Å². The summed E-state index contributed by atoms with van der Waals surface area (Å²) in [6.45, 7) is 3.32. The van der Waals surface area contributed by atoms with Crippen LogP contribution in [0, 0.1) is 18.6 Å². The molecule has 2 heterocycles. The Morgan fingerprint density at radius 2 is 1.97 bits per heavy atom. The summed E-state index contributed by atoms with van der Waals surface area (Å²) >= 11 is 0.734. The van der Waals surface area contributed by atoms with Crippen molar-refractivity contribution in [1.82, 2.24) is 19.1 Å². The number of nitrogens with zero attached hydrogens (tertiary/aromatic N) is 4. The fraction of sp³-hybridized carbons (Fsp3) is 0.375. The van der Waals surface area contributed by atoms with Crippen LogP contribution in [0.2, 0.25) is 0 Å². The lowest BCUT2D eigenvalue weighted by atomic mass is 9.90. The third kappa shape index (κ3) is 5.22. The Labute approximate surface area is 212 Å². The Morgan fingerprint density at radius 1 is 1.25 bits per heavy atom. The fourth-order valence-corrected chi connectivity index (χ4v) is 7.16. The lowest BCUT2D eigenvalue weighted by Gasteiger charge is -2.35. The number of aromatic nitrogens is 3. The standard InChI is InChI=1S/C24H26F2N4O4S2/c1-16-5-8-19(9-6-16)36(33,34)30-11-3-4-22(30)23(31)35-17(2)24(32,13-29-15-27-14-28-29)20-10-7-18(25)12-21(20)26/h5-10,12,14-15,17,22,32H,3-4,11,13H2,1-2H3/t17-,22+,24-/m0/s1. The highest BCUT2D eigenvalue weighted by atomic mass is 32.2. The summed E-state index contributed by atoms with van der Waals surface area (Å²) in [6, 6.07) is 8.29. The van der Waals surface area contributed by atoms with E-state index in [1.54, 1.807) is 12.1 Å². The summed E-state index contributed by atoms with van der Waals surface area (Å²) in [4.78, 5) is 17.3. The fourth-order valence-electron chi connectivity index (χ4n) is 4.29. The van der Waals surface area contributed by atoms with Crippen LogP contribution in [-0.4, -0.2) is 55.5 Å². The SMILES string of the molecule is Cc1ccc(S(=O)(=O)N2CCC[C@@H]2C(=O)S[C@@H](C)[C@@](O)(Cn2cncn2)c2ccc(F)cc2F)cc1. The highest BCUT2D eigenvalue weighted by Crippen LogP contribution is 2.39. The van der Waals surface area contributed by atoms with Crippen molar-refractivity contribution in [3.8, 4) is 0 Å². The number of carbonyl (C=O) groups excluding carboxylic acids is 1. The molecule has 12 heteroatoms. The maximum absolute atomic E-state index is 14.8. The molecule has 8 nitrogen and oxygen atoms in total. The van der Waals surface area contributed by atoms with Crippen LogP contribution in [0.15, 0.2) is 60.0 Å². The van der Waals surface area contributed by atoms with Gasteiger partial charge in [-0.05, 0) is 44.9 Å². The van der Waals surface area contributed by atoms with Crippen LogP contribution in [0.4, 0.5) is 8.78 Å². The van der Waals surface area contributed by atoms with Gasteiger partial charge in [-0.1, -0.05) is 35.5 Å². The average Bonchev–Trinajstić information content (AvgIpc) is 3.51. The quantitative estimate of drug-likeness (QED) is 0.471. The largest absolute Gasteiger partial charge is 0.382 e. The second-order valence-corrected chi connectivity index (χ2v) is 12.0. The first kappa shape index (κ1) is 26.4. The maximum Gasteiger partial charge on any atom is 0.243 e. The number of carbonyl (C=O) groups is 1. The third-order valence-electron chi connectivity index (χ3n) is 6.34. The molecule has 2 aromatic carbocycles. The Morgan fingerprint density at radius 3 is 2.61 bits per heavy atom. The molecule has 1 aromatic heterocycles. The first-order chi connectivity index (χ1) is 17.0. The number of sulfonamides is 1. The van der Waals surface area contributed by atoms with E-state index in [0.29, 0.717) is 18.9 Å². The van der Waals surface area contributed by atoms with E-state index in [1.165, 1.54) is 40.7 Å². The van der Waals surface area contributed by atoms with E-state index >= 15 is 0 Å². The lowest BCUT2D eigenvalue weighted by molar-refractivity contribution is -0.113. The highest BCUT2D eigenvalue weighted by molar-refractivity contribution is 8.14. The minimum absolute atomic E-state index is 0.0990. The van der Waals surface area contributed by atoms with E-state index in [9.17, 15) is 27.1 Å². The molecule has 4 rings (SSSR count). The second-order valence-electron chi connectivity index (χ2n) is 8.81. The van der Waals surface area contributed by atoms with Crippen LogP contribution in [0.5, 0.6) is 0 Å². The minimum Gasteiger partial charge on any atom is -0.382 e. The van der Waals surface area contributed by atoms with Crippen molar-refractivity contribution in [1.29, 1.82) is 0 Å². The second kappa shape index (κ2) is 10.4. The predicted octanol–water partition coefficient (Wildman–Crippen LogP) is 3.25. The van der Waals surface area contributed by atoms with Crippen LogP contribution in [-0.2, 0) is 27.0 Å². The number of thioether (sulfide) groups is 1. The van der Waals surface area contributed by atoms with Gasteiger partial charge in [-0.25, -0.2) is 26.9 Å². The van der Waals surface area contributed by atoms with Gasteiger partial charge in [0.05, 0.1) is 17.5 Å². The molecular weight excluding hydrogens is 510 g/mol. The first-order valence-electron chi connectivity index (χ1n) is 11.3. The van der Waals surface area contributed by atoms with Crippen molar-refractivity contribution >= 4 is 26.9 Å². The number of aliphatic hydroxyl groups is 1. The number of halogens is 2. The van der Waals surface area contributed by atoms with Gasteiger partial charge in [-0.15, -0.1) is 0 Å². The van der Waals surface area contributed by atoms with Gasteiger partial charge >= 0.3 is 0 Å². The van der Waals surface area contributed by atoms with E-state index in [0.717, 1.165) is 29.5 Å². The molecule has 3 atom stereocenters. The summed E-state index contributed by atoms with van der Waals surface area (Å²) in [5.74, 6) is -1.78. The van der Waals surface area contributed by atoms with Crippen molar-refractivity contribution in [2.45, 2.75) is 55.0 Å². The minimum atomic E-state index is -3.91. The number of hydrogen-bond acceptors (Lipinski definition) is 7. The molecule has 1 aliphatic rings. The Bertz CT molecular complexity index is 1340. The smallest absolute Gasteiger partial charge is 0.243 e. The van der Waals surface area contributed by atoms with E-state index < -0.39 is 43.7 Å². The van der Waals surface area contributed by atoms with Crippen molar-refractivity contribution in [2.24, 2.45) is 0 Å².